The Morgan fingerprint density at radius 1 is 0.903 bits per heavy atom. The highest BCUT2D eigenvalue weighted by molar-refractivity contribution is 7.92. The summed E-state index contributed by atoms with van der Waals surface area (Å²) in [6.45, 7) is 0. The zero-order valence-electron chi connectivity index (χ0n) is 16.7. The second kappa shape index (κ2) is 7.21. The van der Waals surface area contributed by atoms with Crippen molar-refractivity contribution >= 4 is 38.2 Å². The van der Waals surface area contributed by atoms with Gasteiger partial charge in [0.2, 0.25) is 15.9 Å². The lowest BCUT2D eigenvalue weighted by atomic mass is 9.93. The predicted molar refractivity (Wildman–Crippen MR) is 123 cm³/mol. The summed E-state index contributed by atoms with van der Waals surface area (Å²) >= 11 is 0. The quantitative estimate of drug-likeness (QED) is 0.505. The zero-order chi connectivity index (χ0) is 21.6. The Balaban J connectivity index is 1.56. The molecule has 0 fully saturated rings. The summed E-state index contributed by atoms with van der Waals surface area (Å²) in [5.74, 6) is -0.612. The molecule has 0 saturated carbocycles. The lowest BCUT2D eigenvalue weighted by molar-refractivity contribution is -0.116. The lowest BCUT2D eigenvalue weighted by Gasteiger charge is -2.12. The second-order valence-corrected chi connectivity index (χ2v) is 9.36. The molecule has 0 aliphatic carbocycles. The predicted octanol–water partition coefficient (Wildman–Crippen LogP) is 4.36. The Kier molecular flexibility index (Phi) is 4.48. The van der Waals surface area contributed by atoms with Gasteiger partial charge in [-0.15, -0.1) is 0 Å². The molecule has 1 unspecified atom stereocenters. The van der Waals surface area contributed by atoms with Gasteiger partial charge < -0.3 is 5.32 Å². The van der Waals surface area contributed by atoms with Gasteiger partial charge in [0.1, 0.15) is 5.92 Å². The highest BCUT2D eigenvalue weighted by atomic mass is 32.2. The maximum atomic E-state index is 12.8. The highest BCUT2D eigenvalue weighted by Crippen LogP contribution is 2.39. The summed E-state index contributed by atoms with van der Waals surface area (Å²) in [7, 11) is -3.37. The Hall–Kier alpha value is -3.71. The Morgan fingerprint density at radius 3 is 2.55 bits per heavy atom. The highest BCUT2D eigenvalue weighted by Gasteiger charge is 2.33. The molecule has 0 radical (unpaired) electrons. The van der Waals surface area contributed by atoms with Crippen LogP contribution in [0.2, 0.25) is 0 Å². The number of carbonyl (C=O) groups excluding carboxylic acids is 1. The maximum absolute atomic E-state index is 12.8. The van der Waals surface area contributed by atoms with E-state index in [2.05, 4.69) is 10.0 Å². The molecule has 2 heterocycles. The van der Waals surface area contributed by atoms with Crippen LogP contribution in [-0.2, 0) is 14.8 Å². The molecule has 0 bridgehead atoms. The van der Waals surface area contributed by atoms with Gasteiger partial charge in [-0.25, -0.2) is 8.42 Å². The number of benzene rings is 3. The normalized spacial score (nSPS) is 15.5. The molecule has 3 aromatic carbocycles. The molecule has 1 aliphatic heterocycles. The summed E-state index contributed by atoms with van der Waals surface area (Å²) < 4.78 is 25.6. The van der Waals surface area contributed by atoms with Crippen LogP contribution < -0.4 is 10.0 Å². The minimum absolute atomic E-state index is 0.109. The van der Waals surface area contributed by atoms with E-state index in [0.717, 1.165) is 39.5 Å². The first kappa shape index (κ1) is 19.3. The molecule has 154 valence electrons. The van der Waals surface area contributed by atoms with E-state index in [4.69, 9.17) is 4.98 Å². The van der Waals surface area contributed by atoms with Gasteiger partial charge in [-0.1, -0.05) is 42.5 Å². The van der Waals surface area contributed by atoms with Crippen LogP contribution in [0.3, 0.4) is 0 Å². The summed E-state index contributed by atoms with van der Waals surface area (Å²) in [5, 5.41) is 3.97. The molecule has 1 atom stereocenters. The van der Waals surface area contributed by atoms with Gasteiger partial charge >= 0.3 is 0 Å². The first-order valence-corrected chi connectivity index (χ1v) is 11.7. The van der Waals surface area contributed by atoms with E-state index in [0.29, 0.717) is 11.4 Å². The van der Waals surface area contributed by atoms with E-state index in [1.54, 1.807) is 18.2 Å². The van der Waals surface area contributed by atoms with Crippen molar-refractivity contribution in [3.8, 4) is 11.1 Å². The Morgan fingerprint density at radius 2 is 1.71 bits per heavy atom. The standard InChI is InChI=1S/C24H19N3O3S/c1-31(29,30)27-18-7-4-6-16(13-18)17-10-11-21-19(14-17)23(24(28)26-21)22-12-9-15-5-2-3-8-20(15)25-22/h2-14,23,27H,1H3,(H,26,28). The molecule has 31 heavy (non-hydrogen) atoms. The molecule has 1 aromatic heterocycles. The van der Waals surface area contributed by atoms with E-state index in [1.165, 1.54) is 0 Å². The number of para-hydroxylation sites is 1. The first-order valence-electron chi connectivity index (χ1n) is 9.76. The second-order valence-electron chi connectivity index (χ2n) is 7.61. The van der Waals surface area contributed by atoms with Gasteiger partial charge in [-0.3, -0.25) is 14.5 Å². The number of amides is 1. The van der Waals surface area contributed by atoms with Crippen LogP contribution in [0.4, 0.5) is 11.4 Å². The fraction of sp³-hybridized carbons (Fsp3) is 0.0833. The number of carbonyl (C=O) groups is 1. The molecule has 0 saturated heterocycles. The van der Waals surface area contributed by atoms with Crippen LogP contribution in [0.5, 0.6) is 0 Å². The fourth-order valence-electron chi connectivity index (χ4n) is 3.95. The third-order valence-electron chi connectivity index (χ3n) is 5.30. The van der Waals surface area contributed by atoms with Crippen molar-refractivity contribution in [2.24, 2.45) is 0 Å². The summed E-state index contributed by atoms with van der Waals surface area (Å²) in [6.07, 6.45) is 1.12. The molecule has 4 aromatic rings. The molecule has 0 spiro atoms. The summed E-state index contributed by atoms with van der Waals surface area (Å²) in [5.41, 5.74) is 5.38. The largest absolute Gasteiger partial charge is 0.325 e. The molecule has 5 rings (SSSR count). The average Bonchev–Trinajstić information content (AvgIpc) is 3.07. The van der Waals surface area contributed by atoms with Crippen molar-refractivity contribution in [3.05, 3.63) is 90.1 Å². The molecule has 6 nitrogen and oxygen atoms in total. The van der Waals surface area contributed by atoms with E-state index in [-0.39, 0.29) is 5.91 Å². The van der Waals surface area contributed by atoms with E-state index in [1.807, 2.05) is 60.7 Å². The van der Waals surface area contributed by atoms with Crippen molar-refractivity contribution in [1.29, 1.82) is 0 Å². The molecular weight excluding hydrogens is 410 g/mol. The van der Waals surface area contributed by atoms with E-state index >= 15 is 0 Å². The minimum Gasteiger partial charge on any atom is -0.325 e. The number of rotatable bonds is 4. The van der Waals surface area contributed by atoms with Gasteiger partial charge in [0.05, 0.1) is 17.5 Å². The van der Waals surface area contributed by atoms with Crippen LogP contribution in [-0.4, -0.2) is 25.6 Å². The topological polar surface area (TPSA) is 88.2 Å². The van der Waals surface area contributed by atoms with Crippen molar-refractivity contribution in [2.75, 3.05) is 16.3 Å². The van der Waals surface area contributed by atoms with Gasteiger partial charge in [0.25, 0.3) is 0 Å². The number of nitrogens with one attached hydrogen (secondary N) is 2. The molecule has 2 N–H and O–H groups in total. The van der Waals surface area contributed by atoms with Gasteiger partial charge in [-0.05, 0) is 53.1 Å². The van der Waals surface area contributed by atoms with Crippen molar-refractivity contribution in [1.82, 2.24) is 4.98 Å². The number of nitrogens with zero attached hydrogens (tertiary/aromatic N) is 1. The van der Waals surface area contributed by atoms with Crippen LogP contribution in [0.25, 0.3) is 22.0 Å². The van der Waals surface area contributed by atoms with Crippen molar-refractivity contribution in [3.63, 3.8) is 0 Å². The molecule has 1 amide bonds. The van der Waals surface area contributed by atoms with E-state index in [9.17, 15) is 13.2 Å². The number of anilines is 2. The number of aromatic nitrogens is 1. The van der Waals surface area contributed by atoms with Crippen molar-refractivity contribution < 1.29 is 13.2 Å². The minimum atomic E-state index is -3.37. The number of sulfonamides is 1. The average molecular weight is 430 g/mol. The first-order chi connectivity index (χ1) is 14.9. The van der Waals surface area contributed by atoms with Crippen molar-refractivity contribution in [2.45, 2.75) is 5.92 Å². The third kappa shape index (κ3) is 3.75. The summed E-state index contributed by atoms with van der Waals surface area (Å²) in [6, 6.07) is 24.6. The van der Waals surface area contributed by atoms with Crippen LogP contribution >= 0.6 is 0 Å². The molecule has 7 heteroatoms. The van der Waals surface area contributed by atoms with Crippen LogP contribution in [0, 0.1) is 0 Å². The Labute approximate surface area is 180 Å². The van der Waals surface area contributed by atoms with E-state index < -0.39 is 15.9 Å². The number of hydrogen-bond acceptors (Lipinski definition) is 4. The number of pyridine rings is 1. The van der Waals surface area contributed by atoms with Gasteiger partial charge in [-0.2, -0.15) is 0 Å². The number of fused-ring (bicyclic) bond motifs is 2. The smallest absolute Gasteiger partial charge is 0.238 e. The monoisotopic (exact) mass is 429 g/mol. The zero-order valence-corrected chi connectivity index (χ0v) is 17.5. The maximum Gasteiger partial charge on any atom is 0.238 e. The summed E-state index contributed by atoms with van der Waals surface area (Å²) in [4.78, 5) is 17.5. The van der Waals surface area contributed by atoms with Crippen LogP contribution in [0.1, 0.15) is 17.2 Å². The number of hydrogen-bond donors (Lipinski definition) is 2. The van der Waals surface area contributed by atoms with Crippen LogP contribution in [0.15, 0.2) is 78.9 Å². The lowest BCUT2D eigenvalue weighted by Crippen LogP contribution is -2.14. The fourth-order valence-corrected chi connectivity index (χ4v) is 4.51. The Bertz CT molecular complexity index is 1450. The molecular formula is C24H19N3O3S. The molecule has 1 aliphatic rings. The van der Waals surface area contributed by atoms with Gasteiger partial charge in [0.15, 0.2) is 0 Å². The third-order valence-corrected chi connectivity index (χ3v) is 5.90. The SMILES string of the molecule is CS(=O)(=O)Nc1cccc(-c2ccc3c(c2)C(c2ccc4ccccc4n2)C(=O)N3)c1. The van der Waals surface area contributed by atoms with Gasteiger partial charge in [0, 0.05) is 16.8 Å².